The summed E-state index contributed by atoms with van der Waals surface area (Å²) >= 11 is 0. The van der Waals surface area contributed by atoms with Gasteiger partial charge in [-0.05, 0) is 27.7 Å². The molecular formula is C8H20O2Si. The lowest BCUT2D eigenvalue weighted by Crippen LogP contribution is -2.28. The van der Waals surface area contributed by atoms with Crippen molar-refractivity contribution in [1.82, 2.24) is 0 Å². The molecule has 0 heterocycles. The minimum atomic E-state index is -0.206. The maximum Gasteiger partial charge on any atom is 0.0892 e. The molecule has 0 aromatic rings. The number of rotatable bonds is 6. The first kappa shape index (κ1) is 11.1. The molecule has 0 amide bonds. The fourth-order valence-corrected chi connectivity index (χ4v) is 2.85. The summed E-state index contributed by atoms with van der Waals surface area (Å²) in [4.78, 5) is 0. The van der Waals surface area contributed by atoms with Crippen LogP contribution in [0.4, 0.5) is 0 Å². The lowest BCUT2D eigenvalue weighted by Gasteiger charge is -2.16. The van der Waals surface area contributed by atoms with Crippen LogP contribution in [-0.2, 0) is 9.47 Å². The quantitative estimate of drug-likeness (QED) is 0.560. The summed E-state index contributed by atoms with van der Waals surface area (Å²) in [5.41, 5.74) is 0.920. The number of hydrogen-bond acceptors (Lipinski definition) is 2. The Morgan fingerprint density at radius 3 is 1.64 bits per heavy atom. The molecule has 0 spiro atoms. The first-order chi connectivity index (χ1) is 5.20. The molecule has 3 heteroatoms. The van der Waals surface area contributed by atoms with Crippen molar-refractivity contribution < 1.29 is 9.47 Å². The molecule has 11 heavy (non-hydrogen) atoms. The summed E-state index contributed by atoms with van der Waals surface area (Å²) in [6, 6.07) is 0. The SMILES string of the molecule is CCOC(C)[SiH2]C(C)OCC. The Balaban J connectivity index is 3.32. The molecule has 0 fully saturated rings. The Morgan fingerprint density at radius 2 is 1.36 bits per heavy atom. The van der Waals surface area contributed by atoms with E-state index in [1.807, 2.05) is 13.8 Å². The zero-order valence-corrected chi connectivity index (χ0v) is 9.51. The van der Waals surface area contributed by atoms with Gasteiger partial charge in [0.15, 0.2) is 0 Å². The van der Waals surface area contributed by atoms with Crippen molar-refractivity contribution >= 4 is 9.52 Å². The van der Waals surface area contributed by atoms with Crippen LogP contribution in [0.25, 0.3) is 0 Å². The van der Waals surface area contributed by atoms with Crippen LogP contribution in [0.1, 0.15) is 27.7 Å². The molecule has 2 nitrogen and oxygen atoms in total. The van der Waals surface area contributed by atoms with E-state index in [0.717, 1.165) is 13.2 Å². The summed E-state index contributed by atoms with van der Waals surface area (Å²) in [7, 11) is -0.206. The van der Waals surface area contributed by atoms with Gasteiger partial charge >= 0.3 is 0 Å². The molecule has 0 aliphatic carbocycles. The minimum Gasteiger partial charge on any atom is -0.383 e. The van der Waals surface area contributed by atoms with Gasteiger partial charge in [-0.2, -0.15) is 0 Å². The number of hydrogen-bond donors (Lipinski definition) is 0. The van der Waals surface area contributed by atoms with Crippen LogP contribution < -0.4 is 0 Å². The lowest BCUT2D eigenvalue weighted by atomic mass is 10.8. The molecule has 0 N–H and O–H groups in total. The van der Waals surface area contributed by atoms with E-state index in [0.29, 0.717) is 11.5 Å². The summed E-state index contributed by atoms with van der Waals surface area (Å²) in [6.07, 6.45) is 0. The topological polar surface area (TPSA) is 18.5 Å². The normalized spacial score (nSPS) is 17.5. The van der Waals surface area contributed by atoms with Crippen molar-refractivity contribution in [2.75, 3.05) is 13.2 Å². The van der Waals surface area contributed by atoms with E-state index >= 15 is 0 Å². The van der Waals surface area contributed by atoms with Crippen molar-refractivity contribution in [2.45, 2.75) is 39.1 Å². The van der Waals surface area contributed by atoms with E-state index in [2.05, 4.69) is 13.8 Å². The summed E-state index contributed by atoms with van der Waals surface area (Å²) in [6.45, 7) is 10.0. The molecule has 0 saturated heterocycles. The highest BCUT2D eigenvalue weighted by Gasteiger charge is 2.08. The van der Waals surface area contributed by atoms with Crippen molar-refractivity contribution in [3.05, 3.63) is 0 Å². The van der Waals surface area contributed by atoms with Gasteiger partial charge in [-0.15, -0.1) is 0 Å². The maximum absolute atomic E-state index is 5.44. The third-order valence-electron chi connectivity index (χ3n) is 1.57. The molecule has 0 saturated carbocycles. The second-order valence-electron chi connectivity index (χ2n) is 2.77. The predicted molar refractivity (Wildman–Crippen MR) is 50.7 cm³/mol. The molecule has 0 aromatic heterocycles. The van der Waals surface area contributed by atoms with Crippen LogP contribution in [0.15, 0.2) is 0 Å². The smallest absolute Gasteiger partial charge is 0.0892 e. The van der Waals surface area contributed by atoms with Crippen LogP contribution >= 0.6 is 0 Å². The predicted octanol–water partition coefficient (Wildman–Crippen LogP) is 0.920. The largest absolute Gasteiger partial charge is 0.383 e. The molecule has 0 bridgehead atoms. The van der Waals surface area contributed by atoms with Gasteiger partial charge in [0.2, 0.25) is 0 Å². The van der Waals surface area contributed by atoms with Gasteiger partial charge < -0.3 is 9.47 Å². The van der Waals surface area contributed by atoms with Gasteiger partial charge in [0, 0.05) is 24.7 Å². The second-order valence-corrected chi connectivity index (χ2v) is 5.54. The first-order valence-electron chi connectivity index (χ1n) is 4.43. The molecule has 0 rings (SSSR count). The van der Waals surface area contributed by atoms with E-state index in [9.17, 15) is 0 Å². The van der Waals surface area contributed by atoms with E-state index in [1.54, 1.807) is 0 Å². The van der Waals surface area contributed by atoms with Crippen LogP contribution in [0.2, 0.25) is 0 Å². The Morgan fingerprint density at radius 1 is 1.00 bits per heavy atom. The average Bonchev–Trinajstić information content (AvgIpc) is 1.87. The van der Waals surface area contributed by atoms with Crippen molar-refractivity contribution in [2.24, 2.45) is 0 Å². The Hall–Kier alpha value is 0.137. The van der Waals surface area contributed by atoms with Crippen molar-refractivity contribution in [3.8, 4) is 0 Å². The monoisotopic (exact) mass is 176 g/mol. The standard InChI is InChI=1S/C8H20O2Si/c1-5-9-7(3)11-8(4)10-6-2/h7-8H,5-6,11H2,1-4H3. The summed E-state index contributed by atoms with van der Waals surface area (Å²) in [5.74, 6) is 0. The van der Waals surface area contributed by atoms with E-state index in [4.69, 9.17) is 9.47 Å². The van der Waals surface area contributed by atoms with Crippen LogP contribution in [0, 0.1) is 0 Å². The Kier molecular flexibility index (Phi) is 6.91. The fraction of sp³-hybridized carbons (Fsp3) is 1.00. The van der Waals surface area contributed by atoms with Crippen LogP contribution in [-0.4, -0.2) is 34.2 Å². The average molecular weight is 176 g/mol. The van der Waals surface area contributed by atoms with E-state index in [-0.39, 0.29) is 9.52 Å². The molecule has 2 unspecified atom stereocenters. The summed E-state index contributed by atoms with van der Waals surface area (Å²) < 4.78 is 10.9. The Bertz CT molecular complexity index is 78.2. The second kappa shape index (κ2) is 6.82. The van der Waals surface area contributed by atoms with Crippen LogP contribution in [0.5, 0.6) is 0 Å². The molecule has 0 radical (unpaired) electrons. The van der Waals surface area contributed by atoms with Gasteiger partial charge in [-0.1, -0.05) is 0 Å². The first-order valence-corrected chi connectivity index (χ1v) is 6.07. The Labute approximate surface area is 72.1 Å². The molecule has 0 aromatic carbocycles. The third-order valence-corrected chi connectivity index (χ3v) is 3.37. The van der Waals surface area contributed by atoms with Gasteiger partial charge in [0.05, 0.1) is 9.52 Å². The van der Waals surface area contributed by atoms with Crippen molar-refractivity contribution in [1.29, 1.82) is 0 Å². The lowest BCUT2D eigenvalue weighted by molar-refractivity contribution is 0.101. The minimum absolute atomic E-state index is 0.206. The van der Waals surface area contributed by atoms with E-state index < -0.39 is 0 Å². The maximum atomic E-state index is 5.44. The molecule has 68 valence electrons. The molecular weight excluding hydrogens is 156 g/mol. The highest BCUT2D eigenvalue weighted by Crippen LogP contribution is 1.95. The van der Waals surface area contributed by atoms with Crippen LogP contribution in [0.3, 0.4) is 0 Å². The highest BCUT2D eigenvalue weighted by atomic mass is 28.2. The summed E-state index contributed by atoms with van der Waals surface area (Å²) in [5, 5.41) is 0. The number of ether oxygens (including phenoxy) is 2. The van der Waals surface area contributed by atoms with Gasteiger partial charge in [0.25, 0.3) is 0 Å². The highest BCUT2D eigenvalue weighted by molar-refractivity contribution is 6.38. The molecule has 0 aliphatic heterocycles. The molecule has 0 aliphatic rings. The van der Waals surface area contributed by atoms with Gasteiger partial charge in [-0.3, -0.25) is 0 Å². The molecule has 2 atom stereocenters. The zero-order chi connectivity index (χ0) is 8.69. The third kappa shape index (κ3) is 6.53. The fourth-order valence-electron chi connectivity index (χ4n) is 1.17. The zero-order valence-electron chi connectivity index (χ0n) is 8.09. The van der Waals surface area contributed by atoms with E-state index in [1.165, 1.54) is 0 Å². The van der Waals surface area contributed by atoms with Crippen molar-refractivity contribution in [3.63, 3.8) is 0 Å². The van der Waals surface area contributed by atoms with Gasteiger partial charge in [0.1, 0.15) is 0 Å². The van der Waals surface area contributed by atoms with Gasteiger partial charge in [-0.25, -0.2) is 0 Å².